The van der Waals surface area contributed by atoms with Crippen molar-refractivity contribution in [1.82, 2.24) is 0 Å². The molecule has 0 aliphatic heterocycles. The Hall–Kier alpha value is -1.84. The summed E-state index contributed by atoms with van der Waals surface area (Å²) in [5.74, 6) is -0.495. The highest BCUT2D eigenvalue weighted by molar-refractivity contribution is 8.00. The van der Waals surface area contributed by atoms with Gasteiger partial charge in [0.2, 0.25) is 5.91 Å². The van der Waals surface area contributed by atoms with E-state index in [4.69, 9.17) is 5.26 Å². The molecule has 1 heterocycles. The van der Waals surface area contributed by atoms with Crippen molar-refractivity contribution in [2.24, 2.45) is 0 Å². The minimum absolute atomic E-state index is 0.101. The molecule has 3 nitrogen and oxygen atoms in total. The predicted molar refractivity (Wildman–Crippen MR) is 74.8 cm³/mol. The highest BCUT2D eigenvalue weighted by Crippen LogP contribution is 2.24. The molecule has 0 aliphatic carbocycles. The number of halogens is 1. The summed E-state index contributed by atoms with van der Waals surface area (Å²) >= 11 is 2.41. The van der Waals surface area contributed by atoms with Crippen LogP contribution < -0.4 is 5.32 Å². The Morgan fingerprint density at radius 3 is 2.95 bits per heavy atom. The van der Waals surface area contributed by atoms with Gasteiger partial charge in [0.05, 0.1) is 11.3 Å². The zero-order valence-corrected chi connectivity index (χ0v) is 11.4. The van der Waals surface area contributed by atoms with Gasteiger partial charge in [0, 0.05) is 4.90 Å². The van der Waals surface area contributed by atoms with E-state index in [1.54, 1.807) is 29.6 Å². The lowest BCUT2D eigenvalue weighted by Crippen LogP contribution is -2.13. The summed E-state index contributed by atoms with van der Waals surface area (Å²) in [6, 6.07) is 9.93. The first-order chi connectivity index (χ1) is 9.20. The summed E-state index contributed by atoms with van der Waals surface area (Å²) in [7, 11) is 0. The summed E-state index contributed by atoms with van der Waals surface area (Å²) in [6.45, 7) is 0. The van der Waals surface area contributed by atoms with Crippen LogP contribution in [0.25, 0.3) is 0 Å². The van der Waals surface area contributed by atoms with Crippen molar-refractivity contribution < 1.29 is 9.18 Å². The molecule has 1 N–H and O–H groups in total. The lowest BCUT2D eigenvalue weighted by molar-refractivity contribution is -0.113. The van der Waals surface area contributed by atoms with E-state index in [1.807, 2.05) is 6.07 Å². The second kappa shape index (κ2) is 6.36. The van der Waals surface area contributed by atoms with Gasteiger partial charge in [0.25, 0.3) is 0 Å². The minimum atomic E-state index is -0.339. The molecule has 0 radical (unpaired) electrons. The average molecular weight is 292 g/mol. The maximum atomic E-state index is 13.3. The largest absolute Gasteiger partial charge is 0.316 e. The van der Waals surface area contributed by atoms with Crippen molar-refractivity contribution in [1.29, 1.82) is 5.26 Å². The normalized spacial score (nSPS) is 9.89. The smallest absolute Gasteiger partial charge is 0.235 e. The van der Waals surface area contributed by atoms with Gasteiger partial charge in [-0.25, -0.2) is 4.39 Å². The van der Waals surface area contributed by atoms with E-state index in [-0.39, 0.29) is 17.5 Å². The summed E-state index contributed by atoms with van der Waals surface area (Å²) in [4.78, 5) is 12.1. The fraction of sp³-hybridized carbons (Fsp3) is 0.0769. The molecule has 19 heavy (non-hydrogen) atoms. The van der Waals surface area contributed by atoms with Crippen LogP contribution in [-0.2, 0) is 4.79 Å². The quantitative estimate of drug-likeness (QED) is 0.878. The number of thiophene rings is 1. The molecule has 0 saturated carbocycles. The average Bonchev–Trinajstić information content (AvgIpc) is 2.85. The van der Waals surface area contributed by atoms with Crippen molar-refractivity contribution in [3.8, 4) is 6.07 Å². The number of rotatable bonds is 4. The number of carbonyl (C=O) groups excluding carboxylic acids is 1. The number of thioether (sulfide) groups is 1. The second-order valence-electron chi connectivity index (χ2n) is 3.54. The van der Waals surface area contributed by atoms with E-state index < -0.39 is 0 Å². The van der Waals surface area contributed by atoms with Crippen LogP contribution in [0.4, 0.5) is 9.39 Å². The van der Waals surface area contributed by atoms with Crippen molar-refractivity contribution in [3.05, 3.63) is 47.1 Å². The molecule has 1 aromatic carbocycles. The second-order valence-corrected chi connectivity index (χ2v) is 5.48. The topological polar surface area (TPSA) is 52.9 Å². The first-order valence-corrected chi connectivity index (χ1v) is 7.22. The van der Waals surface area contributed by atoms with Gasteiger partial charge in [-0.15, -0.1) is 23.1 Å². The Labute approximate surface area is 118 Å². The zero-order valence-electron chi connectivity index (χ0n) is 9.72. The van der Waals surface area contributed by atoms with Gasteiger partial charge in [-0.05, 0) is 23.6 Å². The molecule has 1 amide bonds. The molecule has 0 bridgehead atoms. The van der Waals surface area contributed by atoms with Crippen LogP contribution in [0, 0.1) is 17.1 Å². The van der Waals surface area contributed by atoms with Crippen LogP contribution in [0.3, 0.4) is 0 Å². The van der Waals surface area contributed by atoms with E-state index in [0.29, 0.717) is 15.5 Å². The van der Waals surface area contributed by atoms with Crippen molar-refractivity contribution in [3.63, 3.8) is 0 Å². The summed E-state index contributed by atoms with van der Waals surface area (Å²) in [6.07, 6.45) is 0. The molecule has 0 fully saturated rings. The van der Waals surface area contributed by atoms with E-state index in [9.17, 15) is 9.18 Å². The maximum Gasteiger partial charge on any atom is 0.235 e. The molecular formula is C13H9FN2OS2. The van der Waals surface area contributed by atoms with Crippen LogP contribution in [0.2, 0.25) is 0 Å². The Morgan fingerprint density at radius 1 is 1.42 bits per heavy atom. The fourth-order valence-corrected chi connectivity index (χ4v) is 2.86. The number of nitriles is 1. The standard InChI is InChI=1S/C13H9FN2OS2/c14-10-3-1-2-4-11(10)19-8-12(17)16-13-9(7-15)5-6-18-13/h1-6H,8H2,(H,16,17). The molecule has 96 valence electrons. The number of hydrogen-bond donors (Lipinski definition) is 1. The van der Waals surface area contributed by atoms with Crippen molar-refractivity contribution in [2.75, 3.05) is 11.1 Å². The first-order valence-electron chi connectivity index (χ1n) is 5.35. The molecule has 0 atom stereocenters. The number of anilines is 1. The van der Waals surface area contributed by atoms with Crippen LogP contribution >= 0.6 is 23.1 Å². The SMILES string of the molecule is N#Cc1ccsc1NC(=O)CSc1ccccc1F. The molecular weight excluding hydrogens is 283 g/mol. The molecule has 0 spiro atoms. The number of nitrogens with zero attached hydrogens (tertiary/aromatic N) is 1. The Morgan fingerprint density at radius 2 is 2.21 bits per heavy atom. The van der Waals surface area contributed by atoms with Crippen LogP contribution in [0.1, 0.15) is 5.56 Å². The monoisotopic (exact) mass is 292 g/mol. The van der Waals surface area contributed by atoms with Gasteiger partial charge in [0.15, 0.2) is 0 Å². The van der Waals surface area contributed by atoms with Gasteiger partial charge < -0.3 is 5.32 Å². The first kappa shape index (κ1) is 13.6. The highest BCUT2D eigenvalue weighted by Gasteiger charge is 2.09. The lowest BCUT2D eigenvalue weighted by Gasteiger charge is -2.04. The van der Waals surface area contributed by atoms with Gasteiger partial charge in [-0.1, -0.05) is 12.1 Å². The summed E-state index contributed by atoms with van der Waals surface area (Å²) < 4.78 is 13.3. The van der Waals surface area contributed by atoms with E-state index >= 15 is 0 Å². The summed E-state index contributed by atoms with van der Waals surface area (Å²) in [5, 5.41) is 13.7. The van der Waals surface area contributed by atoms with Crippen molar-refractivity contribution >= 4 is 34.0 Å². The van der Waals surface area contributed by atoms with E-state index in [0.717, 1.165) is 11.8 Å². The Kier molecular flexibility index (Phi) is 4.55. The lowest BCUT2D eigenvalue weighted by atomic mass is 10.3. The number of benzene rings is 1. The summed E-state index contributed by atoms with van der Waals surface area (Å²) in [5.41, 5.74) is 0.439. The third kappa shape index (κ3) is 3.56. The number of amides is 1. The Bertz CT molecular complexity index is 634. The highest BCUT2D eigenvalue weighted by atomic mass is 32.2. The molecule has 0 unspecified atom stereocenters. The zero-order chi connectivity index (χ0) is 13.7. The number of carbonyl (C=O) groups is 1. The molecule has 6 heteroatoms. The van der Waals surface area contributed by atoms with Crippen LogP contribution in [-0.4, -0.2) is 11.7 Å². The van der Waals surface area contributed by atoms with E-state index in [2.05, 4.69) is 5.32 Å². The number of hydrogen-bond acceptors (Lipinski definition) is 4. The predicted octanol–water partition coefficient (Wildman–Crippen LogP) is 3.49. The molecule has 2 rings (SSSR count). The minimum Gasteiger partial charge on any atom is -0.316 e. The maximum absolute atomic E-state index is 13.3. The van der Waals surface area contributed by atoms with Gasteiger partial charge in [-0.3, -0.25) is 4.79 Å². The molecule has 2 aromatic rings. The molecule has 0 aliphatic rings. The van der Waals surface area contributed by atoms with Gasteiger partial charge in [-0.2, -0.15) is 5.26 Å². The van der Waals surface area contributed by atoms with Crippen LogP contribution in [0.5, 0.6) is 0 Å². The van der Waals surface area contributed by atoms with E-state index in [1.165, 1.54) is 17.4 Å². The fourth-order valence-electron chi connectivity index (χ4n) is 1.36. The van der Waals surface area contributed by atoms with Crippen LogP contribution in [0.15, 0.2) is 40.6 Å². The van der Waals surface area contributed by atoms with Gasteiger partial charge >= 0.3 is 0 Å². The Balaban J connectivity index is 1.93. The van der Waals surface area contributed by atoms with Gasteiger partial charge in [0.1, 0.15) is 16.9 Å². The third-order valence-electron chi connectivity index (χ3n) is 2.23. The molecule has 1 aromatic heterocycles. The van der Waals surface area contributed by atoms with Crippen molar-refractivity contribution in [2.45, 2.75) is 4.90 Å². The third-order valence-corrected chi connectivity index (χ3v) is 4.11. The number of nitrogens with one attached hydrogen (secondary N) is 1. The molecule has 0 saturated heterocycles.